The molecule has 0 saturated carbocycles. The molecule has 5 nitrogen and oxygen atoms in total. The summed E-state index contributed by atoms with van der Waals surface area (Å²) in [5.74, 6) is -1.09. The highest BCUT2D eigenvalue weighted by atomic mass is 19.1. The maximum atomic E-state index is 13.0. The Balaban J connectivity index is 1.99. The molecule has 26 heavy (non-hydrogen) atoms. The van der Waals surface area contributed by atoms with Gasteiger partial charge in [-0.1, -0.05) is 29.8 Å². The Hall–Kier alpha value is -3.28. The van der Waals surface area contributed by atoms with E-state index >= 15 is 0 Å². The minimum absolute atomic E-state index is 0.0562. The average Bonchev–Trinajstić information content (AvgIpc) is 2.89. The summed E-state index contributed by atoms with van der Waals surface area (Å²) in [4.78, 5) is 12.1. The van der Waals surface area contributed by atoms with Gasteiger partial charge in [0.1, 0.15) is 5.82 Å². The quantitative estimate of drug-likeness (QED) is 0.507. The number of aromatic hydroxyl groups is 1. The number of rotatable bonds is 4. The number of hydrogen-bond acceptors (Lipinski definition) is 3. The van der Waals surface area contributed by atoms with Crippen molar-refractivity contribution in [2.75, 3.05) is 0 Å². The summed E-state index contributed by atoms with van der Waals surface area (Å²) < 4.78 is 14.7. The molecular formula is C20H18FN3O2. The van der Waals surface area contributed by atoms with Crippen molar-refractivity contribution < 1.29 is 14.3 Å². The number of para-hydroxylation sites is 1. The molecule has 1 aromatic heterocycles. The van der Waals surface area contributed by atoms with Crippen molar-refractivity contribution in [1.29, 1.82) is 0 Å². The molecule has 0 aliphatic carbocycles. The second-order valence-corrected chi connectivity index (χ2v) is 6.09. The van der Waals surface area contributed by atoms with Gasteiger partial charge in [-0.2, -0.15) is 0 Å². The van der Waals surface area contributed by atoms with Gasteiger partial charge < -0.3 is 9.67 Å². The number of hydrogen-bond donors (Lipinski definition) is 1. The molecule has 0 atom stereocenters. The predicted molar refractivity (Wildman–Crippen MR) is 98.3 cm³/mol. The molecule has 1 N–H and O–H groups in total. The summed E-state index contributed by atoms with van der Waals surface area (Å²) in [6, 6.07) is 12.4. The largest absolute Gasteiger partial charge is 0.493 e. The number of carbonyl (C=O) groups excluding carboxylic acids is 1. The number of allylic oxidation sites excluding steroid dienone is 2. The van der Waals surface area contributed by atoms with Crippen LogP contribution in [0.2, 0.25) is 0 Å². The van der Waals surface area contributed by atoms with Crippen LogP contribution in [0.15, 0.2) is 70.4 Å². The molecule has 0 saturated heterocycles. The van der Waals surface area contributed by atoms with Crippen LogP contribution < -0.4 is 0 Å². The molecule has 0 fully saturated rings. The van der Waals surface area contributed by atoms with Crippen molar-refractivity contribution in [2.45, 2.75) is 20.4 Å². The van der Waals surface area contributed by atoms with Crippen LogP contribution in [0.3, 0.4) is 0 Å². The van der Waals surface area contributed by atoms with Crippen LogP contribution in [0.4, 0.5) is 10.1 Å². The lowest BCUT2D eigenvalue weighted by molar-refractivity contribution is 0.0995. The SMILES string of the molecule is CC(C)=CCn1c(O)c(N=NC(=O)c2ccc(F)cc2)c2ccccc21. The first-order valence-corrected chi connectivity index (χ1v) is 8.12. The van der Waals surface area contributed by atoms with Crippen LogP contribution in [0.25, 0.3) is 10.9 Å². The van der Waals surface area contributed by atoms with Crippen molar-refractivity contribution in [3.63, 3.8) is 0 Å². The lowest BCUT2D eigenvalue weighted by atomic mass is 10.2. The molecule has 0 bridgehead atoms. The highest BCUT2D eigenvalue weighted by molar-refractivity contribution is 5.97. The first-order valence-electron chi connectivity index (χ1n) is 8.12. The minimum Gasteiger partial charge on any atom is -0.493 e. The second kappa shape index (κ2) is 7.31. The van der Waals surface area contributed by atoms with Crippen molar-refractivity contribution >= 4 is 22.5 Å². The molecule has 6 heteroatoms. The molecule has 0 spiro atoms. The smallest absolute Gasteiger partial charge is 0.295 e. The summed E-state index contributed by atoms with van der Waals surface area (Å²) in [5, 5.41) is 18.9. The number of nitrogens with zero attached hydrogens (tertiary/aromatic N) is 3. The molecule has 3 aromatic rings. The van der Waals surface area contributed by atoms with E-state index in [1.165, 1.54) is 24.3 Å². The summed E-state index contributed by atoms with van der Waals surface area (Å²) in [6.45, 7) is 4.44. The Kier molecular flexibility index (Phi) is 4.93. The zero-order valence-corrected chi connectivity index (χ0v) is 14.5. The van der Waals surface area contributed by atoms with Gasteiger partial charge >= 0.3 is 0 Å². The number of benzene rings is 2. The van der Waals surface area contributed by atoms with Gasteiger partial charge in [0.25, 0.3) is 5.91 Å². The van der Waals surface area contributed by atoms with E-state index in [-0.39, 0.29) is 17.1 Å². The van der Waals surface area contributed by atoms with Crippen LogP contribution in [0, 0.1) is 5.82 Å². The third-order valence-corrected chi connectivity index (χ3v) is 3.93. The number of amides is 1. The Labute approximate surface area is 150 Å². The standard InChI is InChI=1S/C20H18FN3O2/c1-13(2)11-12-24-17-6-4-3-5-16(17)18(20(24)26)22-23-19(25)14-7-9-15(21)10-8-14/h3-11,26H,12H2,1-2H3. The average molecular weight is 351 g/mol. The van der Waals surface area contributed by atoms with E-state index in [0.29, 0.717) is 11.9 Å². The number of halogens is 1. The first-order chi connectivity index (χ1) is 12.5. The number of carbonyl (C=O) groups is 1. The highest BCUT2D eigenvalue weighted by Crippen LogP contribution is 2.38. The normalized spacial score (nSPS) is 11.2. The van der Waals surface area contributed by atoms with Crippen molar-refractivity contribution in [1.82, 2.24) is 4.57 Å². The second-order valence-electron chi connectivity index (χ2n) is 6.09. The van der Waals surface area contributed by atoms with Crippen LogP contribution in [0.5, 0.6) is 5.88 Å². The fourth-order valence-corrected chi connectivity index (χ4v) is 2.57. The monoisotopic (exact) mass is 351 g/mol. The Morgan fingerprint density at radius 2 is 1.85 bits per heavy atom. The fourth-order valence-electron chi connectivity index (χ4n) is 2.57. The molecule has 132 valence electrons. The van der Waals surface area contributed by atoms with Crippen LogP contribution in [-0.2, 0) is 6.54 Å². The molecule has 0 aliphatic heterocycles. The molecule has 2 aromatic carbocycles. The van der Waals surface area contributed by atoms with E-state index < -0.39 is 11.7 Å². The van der Waals surface area contributed by atoms with Gasteiger partial charge in [-0.15, -0.1) is 10.2 Å². The summed E-state index contributed by atoms with van der Waals surface area (Å²) >= 11 is 0. The Morgan fingerprint density at radius 3 is 2.54 bits per heavy atom. The van der Waals surface area contributed by atoms with Crippen LogP contribution >= 0.6 is 0 Å². The van der Waals surface area contributed by atoms with Crippen molar-refractivity contribution in [3.8, 4) is 5.88 Å². The molecule has 0 unspecified atom stereocenters. The lowest BCUT2D eigenvalue weighted by Gasteiger charge is -2.03. The number of aromatic nitrogens is 1. The van der Waals surface area contributed by atoms with Gasteiger partial charge in [0.2, 0.25) is 5.88 Å². The zero-order valence-electron chi connectivity index (χ0n) is 14.5. The van der Waals surface area contributed by atoms with E-state index in [4.69, 9.17) is 0 Å². The molecule has 0 radical (unpaired) electrons. The third kappa shape index (κ3) is 3.54. The Bertz CT molecular complexity index is 1010. The van der Waals surface area contributed by atoms with Gasteiger partial charge in [0.15, 0.2) is 5.69 Å². The zero-order chi connectivity index (χ0) is 18.7. The summed E-state index contributed by atoms with van der Waals surface area (Å²) in [5.41, 5.74) is 2.38. The summed E-state index contributed by atoms with van der Waals surface area (Å²) in [7, 11) is 0. The van der Waals surface area contributed by atoms with Crippen molar-refractivity contribution in [3.05, 3.63) is 71.6 Å². The third-order valence-electron chi connectivity index (χ3n) is 3.93. The van der Waals surface area contributed by atoms with E-state index in [2.05, 4.69) is 10.2 Å². The van der Waals surface area contributed by atoms with Gasteiger partial charge in [-0.05, 0) is 44.2 Å². The molecule has 1 heterocycles. The number of azo groups is 1. The maximum absolute atomic E-state index is 13.0. The van der Waals surface area contributed by atoms with E-state index in [0.717, 1.165) is 11.1 Å². The predicted octanol–water partition coefficient (Wildman–Crippen LogP) is 5.38. The van der Waals surface area contributed by atoms with Gasteiger partial charge in [0.05, 0.1) is 5.52 Å². The van der Waals surface area contributed by atoms with Gasteiger partial charge in [-0.3, -0.25) is 4.79 Å². The molecule has 0 aliphatic rings. The van der Waals surface area contributed by atoms with E-state index in [1.807, 2.05) is 44.2 Å². The highest BCUT2D eigenvalue weighted by Gasteiger charge is 2.16. The van der Waals surface area contributed by atoms with E-state index in [9.17, 15) is 14.3 Å². The molecular weight excluding hydrogens is 333 g/mol. The topological polar surface area (TPSA) is 66.9 Å². The van der Waals surface area contributed by atoms with E-state index in [1.54, 1.807) is 4.57 Å². The molecule has 1 amide bonds. The fraction of sp³-hybridized carbons (Fsp3) is 0.150. The first kappa shape index (κ1) is 17.5. The number of fused-ring (bicyclic) bond motifs is 1. The summed E-state index contributed by atoms with van der Waals surface area (Å²) in [6.07, 6.45) is 1.98. The maximum Gasteiger partial charge on any atom is 0.295 e. The Morgan fingerprint density at radius 1 is 1.15 bits per heavy atom. The minimum atomic E-state index is -0.606. The van der Waals surface area contributed by atoms with Crippen LogP contribution in [-0.4, -0.2) is 15.6 Å². The van der Waals surface area contributed by atoms with Crippen LogP contribution in [0.1, 0.15) is 24.2 Å². The molecule has 3 rings (SSSR count). The van der Waals surface area contributed by atoms with Gasteiger partial charge in [-0.25, -0.2) is 4.39 Å². The lowest BCUT2D eigenvalue weighted by Crippen LogP contribution is -1.94. The van der Waals surface area contributed by atoms with Gasteiger partial charge in [0, 0.05) is 17.5 Å². The van der Waals surface area contributed by atoms with Crippen molar-refractivity contribution in [2.24, 2.45) is 10.2 Å².